The Morgan fingerprint density at radius 2 is 2.35 bits per heavy atom. The lowest BCUT2D eigenvalue weighted by molar-refractivity contribution is -0.138. The summed E-state index contributed by atoms with van der Waals surface area (Å²) in [4.78, 5) is 12.5. The molecule has 0 aliphatic rings. The average Bonchev–Trinajstić information content (AvgIpc) is 2.29. The molecule has 1 rings (SSSR count). The molecular weight excluding hydrogens is 218 g/mol. The zero-order chi connectivity index (χ0) is 12.7. The van der Waals surface area contributed by atoms with Gasteiger partial charge in [0, 0.05) is 13.1 Å². The molecule has 1 aromatic carbocycles. The van der Waals surface area contributed by atoms with Crippen LogP contribution in [0.25, 0.3) is 0 Å². The highest BCUT2D eigenvalue weighted by molar-refractivity contribution is 5.69. The summed E-state index contributed by atoms with van der Waals surface area (Å²) >= 11 is 0. The summed E-state index contributed by atoms with van der Waals surface area (Å²) in [5, 5.41) is 8.79. The van der Waals surface area contributed by atoms with E-state index in [2.05, 4.69) is 6.58 Å². The summed E-state index contributed by atoms with van der Waals surface area (Å²) in [6.45, 7) is 4.74. The molecular formula is C13H17NO3. The van der Waals surface area contributed by atoms with Crippen LogP contribution in [0.2, 0.25) is 0 Å². The maximum absolute atomic E-state index is 10.7. The lowest BCUT2D eigenvalue weighted by atomic mass is 10.2. The maximum Gasteiger partial charge on any atom is 0.317 e. The van der Waals surface area contributed by atoms with E-state index in [9.17, 15) is 4.79 Å². The van der Waals surface area contributed by atoms with E-state index < -0.39 is 5.97 Å². The van der Waals surface area contributed by atoms with Crippen molar-refractivity contribution in [1.29, 1.82) is 0 Å². The van der Waals surface area contributed by atoms with E-state index >= 15 is 0 Å². The fourth-order valence-corrected chi connectivity index (χ4v) is 1.59. The van der Waals surface area contributed by atoms with Gasteiger partial charge in [0.25, 0.3) is 0 Å². The molecule has 0 radical (unpaired) electrons. The zero-order valence-corrected chi connectivity index (χ0v) is 9.93. The van der Waals surface area contributed by atoms with Crippen LogP contribution in [0.4, 0.5) is 0 Å². The minimum absolute atomic E-state index is 0.00320. The number of benzene rings is 1. The van der Waals surface area contributed by atoms with Crippen molar-refractivity contribution >= 4 is 5.97 Å². The number of carboxylic acids is 1. The van der Waals surface area contributed by atoms with Crippen LogP contribution in [0.5, 0.6) is 5.75 Å². The maximum atomic E-state index is 10.7. The van der Waals surface area contributed by atoms with Crippen LogP contribution in [-0.4, -0.2) is 36.2 Å². The van der Waals surface area contributed by atoms with Crippen molar-refractivity contribution in [2.45, 2.75) is 6.54 Å². The highest BCUT2D eigenvalue weighted by atomic mass is 16.5. The van der Waals surface area contributed by atoms with Gasteiger partial charge in [-0.05, 0) is 17.7 Å². The SMILES string of the molecule is C=CCN(CC(=O)O)Cc1cccc(OC)c1. The van der Waals surface area contributed by atoms with Gasteiger partial charge in [0.2, 0.25) is 0 Å². The van der Waals surface area contributed by atoms with E-state index in [-0.39, 0.29) is 6.54 Å². The van der Waals surface area contributed by atoms with Crippen LogP contribution in [0.3, 0.4) is 0 Å². The van der Waals surface area contributed by atoms with Crippen LogP contribution in [0, 0.1) is 0 Å². The van der Waals surface area contributed by atoms with Crippen LogP contribution in [-0.2, 0) is 11.3 Å². The number of carboxylic acid groups (broad SMARTS) is 1. The fraction of sp³-hybridized carbons (Fsp3) is 0.308. The quantitative estimate of drug-likeness (QED) is 0.732. The molecule has 4 nitrogen and oxygen atoms in total. The summed E-state index contributed by atoms with van der Waals surface area (Å²) in [5.74, 6) is -0.0638. The second-order valence-corrected chi connectivity index (χ2v) is 3.70. The molecule has 1 aromatic rings. The summed E-state index contributed by atoms with van der Waals surface area (Å²) in [5.41, 5.74) is 1.02. The second-order valence-electron chi connectivity index (χ2n) is 3.70. The van der Waals surface area contributed by atoms with Crippen molar-refractivity contribution < 1.29 is 14.6 Å². The average molecular weight is 235 g/mol. The monoisotopic (exact) mass is 235 g/mol. The first-order valence-electron chi connectivity index (χ1n) is 5.33. The standard InChI is InChI=1S/C13H17NO3/c1-3-7-14(10-13(15)16)9-11-5-4-6-12(8-11)17-2/h3-6,8H,1,7,9-10H2,2H3,(H,15,16). The molecule has 0 aliphatic heterocycles. The number of hydrogen-bond acceptors (Lipinski definition) is 3. The van der Waals surface area contributed by atoms with Gasteiger partial charge in [-0.15, -0.1) is 6.58 Å². The number of ether oxygens (including phenoxy) is 1. The van der Waals surface area contributed by atoms with Gasteiger partial charge in [0.15, 0.2) is 0 Å². The Kier molecular flexibility index (Phi) is 5.23. The molecule has 0 aromatic heterocycles. The first-order valence-corrected chi connectivity index (χ1v) is 5.33. The molecule has 0 spiro atoms. The summed E-state index contributed by atoms with van der Waals surface area (Å²) in [6.07, 6.45) is 1.70. The van der Waals surface area contributed by atoms with E-state index in [1.54, 1.807) is 18.1 Å². The Balaban J connectivity index is 2.70. The van der Waals surface area contributed by atoms with Gasteiger partial charge in [-0.2, -0.15) is 0 Å². The molecule has 0 heterocycles. The van der Waals surface area contributed by atoms with E-state index in [0.29, 0.717) is 13.1 Å². The number of aliphatic carboxylic acids is 1. The van der Waals surface area contributed by atoms with Crippen molar-refractivity contribution in [3.05, 3.63) is 42.5 Å². The third kappa shape index (κ3) is 4.70. The van der Waals surface area contributed by atoms with Crippen LogP contribution in [0.15, 0.2) is 36.9 Å². The van der Waals surface area contributed by atoms with E-state index in [1.807, 2.05) is 24.3 Å². The molecule has 0 saturated carbocycles. The molecule has 0 fully saturated rings. The van der Waals surface area contributed by atoms with Gasteiger partial charge in [-0.3, -0.25) is 9.69 Å². The predicted molar refractivity (Wildman–Crippen MR) is 66.1 cm³/mol. The minimum atomic E-state index is -0.838. The van der Waals surface area contributed by atoms with E-state index in [1.165, 1.54) is 0 Å². The Morgan fingerprint density at radius 1 is 1.59 bits per heavy atom. The number of carbonyl (C=O) groups is 1. The largest absolute Gasteiger partial charge is 0.497 e. The Bertz CT molecular complexity index is 390. The number of hydrogen-bond donors (Lipinski definition) is 1. The minimum Gasteiger partial charge on any atom is -0.497 e. The molecule has 0 bridgehead atoms. The summed E-state index contributed by atoms with van der Waals surface area (Å²) in [6, 6.07) is 7.60. The van der Waals surface area contributed by atoms with Crippen molar-refractivity contribution in [2.24, 2.45) is 0 Å². The molecule has 0 atom stereocenters. The molecule has 0 unspecified atom stereocenters. The normalized spacial score (nSPS) is 10.2. The molecule has 4 heteroatoms. The lowest BCUT2D eigenvalue weighted by Gasteiger charge is -2.18. The predicted octanol–water partition coefficient (Wildman–Crippen LogP) is 1.77. The smallest absolute Gasteiger partial charge is 0.317 e. The molecule has 0 aliphatic carbocycles. The molecule has 17 heavy (non-hydrogen) atoms. The van der Waals surface area contributed by atoms with Crippen molar-refractivity contribution in [2.75, 3.05) is 20.2 Å². The topological polar surface area (TPSA) is 49.8 Å². The van der Waals surface area contributed by atoms with Crippen molar-refractivity contribution in [3.8, 4) is 5.75 Å². The Labute approximate surface area is 101 Å². The number of rotatable bonds is 7. The van der Waals surface area contributed by atoms with Crippen LogP contribution in [0.1, 0.15) is 5.56 Å². The van der Waals surface area contributed by atoms with Crippen LogP contribution < -0.4 is 4.74 Å². The van der Waals surface area contributed by atoms with Crippen LogP contribution >= 0.6 is 0 Å². The molecule has 0 amide bonds. The highest BCUT2D eigenvalue weighted by Gasteiger charge is 2.09. The van der Waals surface area contributed by atoms with Crippen molar-refractivity contribution in [1.82, 2.24) is 4.90 Å². The first-order chi connectivity index (χ1) is 8.15. The third-order valence-electron chi connectivity index (χ3n) is 2.29. The van der Waals surface area contributed by atoms with Gasteiger partial charge in [-0.25, -0.2) is 0 Å². The van der Waals surface area contributed by atoms with Gasteiger partial charge >= 0.3 is 5.97 Å². The lowest BCUT2D eigenvalue weighted by Crippen LogP contribution is -2.29. The zero-order valence-electron chi connectivity index (χ0n) is 9.93. The van der Waals surface area contributed by atoms with E-state index in [4.69, 9.17) is 9.84 Å². The highest BCUT2D eigenvalue weighted by Crippen LogP contribution is 2.14. The van der Waals surface area contributed by atoms with Gasteiger partial charge in [0.1, 0.15) is 5.75 Å². The first kappa shape index (κ1) is 13.3. The third-order valence-corrected chi connectivity index (χ3v) is 2.29. The number of methoxy groups -OCH3 is 1. The summed E-state index contributed by atoms with van der Waals surface area (Å²) in [7, 11) is 1.61. The van der Waals surface area contributed by atoms with Crippen molar-refractivity contribution in [3.63, 3.8) is 0 Å². The number of nitrogens with zero attached hydrogens (tertiary/aromatic N) is 1. The summed E-state index contributed by atoms with van der Waals surface area (Å²) < 4.78 is 5.12. The fourth-order valence-electron chi connectivity index (χ4n) is 1.59. The van der Waals surface area contributed by atoms with E-state index in [0.717, 1.165) is 11.3 Å². The van der Waals surface area contributed by atoms with Gasteiger partial charge in [0.05, 0.1) is 13.7 Å². The Morgan fingerprint density at radius 3 is 2.94 bits per heavy atom. The molecule has 1 N–H and O–H groups in total. The van der Waals surface area contributed by atoms with Gasteiger partial charge < -0.3 is 9.84 Å². The Hall–Kier alpha value is -1.81. The second kappa shape index (κ2) is 6.70. The molecule has 0 saturated heterocycles. The molecule has 92 valence electrons. The van der Waals surface area contributed by atoms with Gasteiger partial charge in [-0.1, -0.05) is 18.2 Å².